The normalized spacial score (nSPS) is 16.2. The van der Waals surface area contributed by atoms with Crippen LogP contribution in [0.25, 0.3) is 5.70 Å². The molecule has 1 unspecified atom stereocenters. The third-order valence-electron chi connectivity index (χ3n) is 4.61. The van der Waals surface area contributed by atoms with Crippen LogP contribution in [0.1, 0.15) is 38.8 Å². The zero-order chi connectivity index (χ0) is 22.6. The molecule has 2 aromatic carbocycles. The van der Waals surface area contributed by atoms with Gasteiger partial charge in [0.15, 0.2) is 0 Å². The fourth-order valence-corrected chi connectivity index (χ4v) is 3.32. The molecule has 3 rings (SSSR count). The number of ether oxygens (including phenoxy) is 1. The maximum absolute atomic E-state index is 13.3. The van der Waals surface area contributed by atoms with E-state index in [-0.39, 0.29) is 11.1 Å². The summed E-state index contributed by atoms with van der Waals surface area (Å²) in [5.74, 6) is 3.36. The lowest BCUT2D eigenvalue weighted by Crippen LogP contribution is -2.35. The Bertz CT molecular complexity index is 1110. The van der Waals surface area contributed by atoms with Crippen LogP contribution >= 0.6 is 0 Å². The van der Waals surface area contributed by atoms with E-state index in [1.807, 2.05) is 60.7 Å². The summed E-state index contributed by atoms with van der Waals surface area (Å²) < 4.78 is 5.65. The molecular formula is C26H25NO4. The molecule has 5 heteroatoms. The molecule has 158 valence electrons. The minimum Gasteiger partial charge on any atom is -0.478 e. The van der Waals surface area contributed by atoms with Crippen molar-refractivity contribution in [3.05, 3.63) is 88.6 Å². The fourth-order valence-electron chi connectivity index (χ4n) is 3.32. The molecule has 1 atom stereocenters. The van der Waals surface area contributed by atoms with Crippen LogP contribution in [0.3, 0.4) is 0 Å². The van der Waals surface area contributed by atoms with Crippen LogP contribution in [-0.4, -0.2) is 22.6 Å². The van der Waals surface area contributed by atoms with Crippen molar-refractivity contribution in [3.8, 4) is 11.8 Å². The van der Waals surface area contributed by atoms with Gasteiger partial charge in [-0.05, 0) is 45.4 Å². The van der Waals surface area contributed by atoms with Gasteiger partial charge < -0.3 is 15.2 Å². The molecule has 0 radical (unpaired) electrons. The number of benzene rings is 2. The van der Waals surface area contributed by atoms with Crippen molar-refractivity contribution in [2.45, 2.75) is 33.3 Å². The van der Waals surface area contributed by atoms with Crippen molar-refractivity contribution in [1.29, 1.82) is 0 Å². The Morgan fingerprint density at radius 1 is 0.968 bits per heavy atom. The molecule has 0 amide bonds. The van der Waals surface area contributed by atoms with Crippen LogP contribution in [0.15, 0.2) is 77.5 Å². The van der Waals surface area contributed by atoms with Gasteiger partial charge in [-0.3, -0.25) is 0 Å². The van der Waals surface area contributed by atoms with Gasteiger partial charge in [0.1, 0.15) is 5.60 Å². The van der Waals surface area contributed by atoms with E-state index in [0.29, 0.717) is 11.4 Å². The lowest BCUT2D eigenvalue weighted by molar-refractivity contribution is -0.150. The molecule has 1 heterocycles. The monoisotopic (exact) mass is 415 g/mol. The third-order valence-corrected chi connectivity index (χ3v) is 4.61. The average Bonchev–Trinajstić information content (AvgIpc) is 2.71. The number of carbonyl (C=O) groups excluding carboxylic acids is 1. The van der Waals surface area contributed by atoms with Crippen molar-refractivity contribution in [3.63, 3.8) is 0 Å². The molecule has 1 aliphatic rings. The second kappa shape index (κ2) is 8.93. The smallest absolute Gasteiger partial charge is 0.338 e. The largest absolute Gasteiger partial charge is 0.478 e. The molecule has 0 fully saturated rings. The second-order valence-corrected chi connectivity index (χ2v) is 8.19. The average molecular weight is 415 g/mol. The highest BCUT2D eigenvalue weighted by atomic mass is 16.6. The van der Waals surface area contributed by atoms with Gasteiger partial charge in [-0.15, -0.1) is 0 Å². The molecule has 0 aliphatic carbocycles. The minimum absolute atomic E-state index is 0.0315. The van der Waals surface area contributed by atoms with Crippen molar-refractivity contribution in [1.82, 2.24) is 5.32 Å². The van der Waals surface area contributed by atoms with E-state index < -0.39 is 23.5 Å². The van der Waals surface area contributed by atoms with Crippen molar-refractivity contribution in [2.75, 3.05) is 0 Å². The lowest BCUT2D eigenvalue weighted by atomic mass is 9.84. The maximum atomic E-state index is 13.3. The minimum atomic E-state index is -1.13. The summed E-state index contributed by atoms with van der Waals surface area (Å²) in [6.07, 6.45) is 0. The quantitative estimate of drug-likeness (QED) is 0.575. The van der Waals surface area contributed by atoms with Gasteiger partial charge in [0.05, 0.1) is 22.8 Å². The number of carboxylic acids is 1. The Labute approximate surface area is 182 Å². The van der Waals surface area contributed by atoms with Crippen LogP contribution in [0.5, 0.6) is 0 Å². The van der Waals surface area contributed by atoms with Gasteiger partial charge in [0.2, 0.25) is 0 Å². The van der Waals surface area contributed by atoms with Crippen molar-refractivity contribution < 1.29 is 19.4 Å². The molecule has 2 aromatic rings. The number of rotatable bonds is 3. The van der Waals surface area contributed by atoms with Crippen LogP contribution in [-0.2, 0) is 14.3 Å². The van der Waals surface area contributed by atoms with Gasteiger partial charge in [-0.25, -0.2) is 9.59 Å². The number of esters is 1. The van der Waals surface area contributed by atoms with Gasteiger partial charge in [-0.1, -0.05) is 60.4 Å². The van der Waals surface area contributed by atoms with E-state index in [9.17, 15) is 14.7 Å². The Balaban J connectivity index is 2.23. The highest BCUT2D eigenvalue weighted by Crippen LogP contribution is 2.35. The van der Waals surface area contributed by atoms with E-state index in [1.165, 1.54) is 0 Å². The van der Waals surface area contributed by atoms with E-state index in [4.69, 9.17) is 4.74 Å². The first kappa shape index (κ1) is 21.9. The summed E-state index contributed by atoms with van der Waals surface area (Å²) in [7, 11) is 0. The number of hydrogen-bond acceptors (Lipinski definition) is 4. The Hall–Kier alpha value is -3.78. The Morgan fingerprint density at radius 2 is 1.55 bits per heavy atom. The first-order valence-corrected chi connectivity index (χ1v) is 9.98. The van der Waals surface area contributed by atoms with Crippen LogP contribution in [0.4, 0.5) is 0 Å². The number of carboxylic acid groups (broad SMARTS) is 1. The lowest BCUT2D eigenvalue weighted by Gasteiger charge is -2.30. The highest BCUT2D eigenvalue weighted by Gasteiger charge is 2.38. The standard InChI is InChI=1S/C26H25NO4/c1-17-21(24(28)29)20(16-15-18-11-7-5-8-12-18)22(25(30)31-26(2,3)4)23(27-17)19-13-9-6-10-14-19/h5-14,20,27H,1-4H3,(H,28,29). The van der Waals surface area contributed by atoms with Gasteiger partial charge in [-0.2, -0.15) is 0 Å². The van der Waals surface area contributed by atoms with E-state index in [0.717, 1.165) is 11.1 Å². The molecule has 0 saturated carbocycles. The summed E-state index contributed by atoms with van der Waals surface area (Å²) >= 11 is 0. The number of carbonyl (C=O) groups is 2. The molecule has 0 saturated heterocycles. The molecule has 2 N–H and O–H groups in total. The summed E-state index contributed by atoms with van der Waals surface area (Å²) in [6.45, 7) is 6.99. The number of aliphatic carboxylic acids is 1. The summed E-state index contributed by atoms with van der Waals surface area (Å²) in [4.78, 5) is 25.4. The van der Waals surface area contributed by atoms with Crippen LogP contribution in [0, 0.1) is 17.8 Å². The van der Waals surface area contributed by atoms with Crippen molar-refractivity contribution in [2.24, 2.45) is 5.92 Å². The van der Waals surface area contributed by atoms with E-state index >= 15 is 0 Å². The van der Waals surface area contributed by atoms with Gasteiger partial charge in [0, 0.05) is 11.3 Å². The zero-order valence-electron chi connectivity index (χ0n) is 18.0. The summed E-state index contributed by atoms with van der Waals surface area (Å²) in [5.41, 5.74) is 1.89. The number of hydrogen-bond donors (Lipinski definition) is 2. The topological polar surface area (TPSA) is 75.6 Å². The van der Waals surface area contributed by atoms with E-state index in [1.54, 1.807) is 27.7 Å². The Kier molecular flexibility index (Phi) is 6.31. The summed E-state index contributed by atoms with van der Waals surface area (Å²) in [6, 6.07) is 18.5. The molecule has 31 heavy (non-hydrogen) atoms. The van der Waals surface area contributed by atoms with E-state index in [2.05, 4.69) is 17.2 Å². The van der Waals surface area contributed by atoms with Gasteiger partial charge >= 0.3 is 11.9 Å². The SMILES string of the molecule is CC1=C(C(=O)O)C(C#Cc2ccccc2)C(C(=O)OC(C)(C)C)=C(c2ccccc2)N1. The Morgan fingerprint density at radius 3 is 2.10 bits per heavy atom. The van der Waals surface area contributed by atoms with Crippen molar-refractivity contribution >= 4 is 17.6 Å². The first-order valence-electron chi connectivity index (χ1n) is 9.98. The van der Waals surface area contributed by atoms with Crippen LogP contribution < -0.4 is 5.32 Å². The molecule has 1 aliphatic heterocycles. The fraction of sp³-hybridized carbons (Fsp3) is 0.231. The third kappa shape index (κ3) is 5.23. The predicted molar refractivity (Wildman–Crippen MR) is 119 cm³/mol. The van der Waals surface area contributed by atoms with Crippen LogP contribution in [0.2, 0.25) is 0 Å². The summed E-state index contributed by atoms with van der Waals surface area (Å²) in [5, 5.41) is 13.0. The molecular weight excluding hydrogens is 390 g/mol. The molecule has 0 aromatic heterocycles. The zero-order valence-corrected chi connectivity index (χ0v) is 18.0. The number of dihydropyridines is 1. The molecule has 0 spiro atoms. The molecule has 0 bridgehead atoms. The van der Waals surface area contributed by atoms with Gasteiger partial charge in [0.25, 0.3) is 0 Å². The maximum Gasteiger partial charge on any atom is 0.338 e. The predicted octanol–water partition coefficient (Wildman–Crippen LogP) is 4.37. The molecule has 5 nitrogen and oxygen atoms in total. The number of allylic oxidation sites excluding steroid dienone is 1. The highest BCUT2D eigenvalue weighted by molar-refractivity contribution is 6.04. The number of nitrogens with one attached hydrogen (secondary N) is 1. The first-order chi connectivity index (χ1) is 14.7. The second-order valence-electron chi connectivity index (χ2n) is 8.19.